The highest BCUT2D eigenvalue weighted by Gasteiger charge is 2.28. The molecule has 0 heterocycles. The summed E-state index contributed by atoms with van der Waals surface area (Å²) >= 11 is 0. The molecular weight excluding hydrogens is 392 g/mol. The highest BCUT2D eigenvalue weighted by molar-refractivity contribution is 5.67. The van der Waals surface area contributed by atoms with E-state index >= 15 is 0 Å². The average Bonchev–Trinajstić information content (AvgIpc) is 2.66. The molecule has 0 unspecified atom stereocenters. The van der Waals surface area contributed by atoms with Crippen LogP contribution < -0.4 is 0 Å². The highest BCUT2D eigenvalue weighted by atomic mass is 16.5. The zero-order valence-electron chi connectivity index (χ0n) is 17.9. The lowest BCUT2D eigenvalue weighted by atomic mass is 9.77. The summed E-state index contributed by atoms with van der Waals surface area (Å²) < 4.78 is 20.8. The summed E-state index contributed by atoms with van der Waals surface area (Å²) in [6.45, 7) is 5.97. The van der Waals surface area contributed by atoms with Crippen molar-refractivity contribution in [3.8, 4) is 0 Å². The van der Waals surface area contributed by atoms with Crippen LogP contribution in [0.15, 0.2) is 33.4 Å². The van der Waals surface area contributed by atoms with Crippen LogP contribution in [0.3, 0.4) is 0 Å². The maximum atomic E-state index is 11.3. The lowest BCUT2D eigenvalue weighted by Crippen LogP contribution is -2.21. The number of carbonyl (C=O) groups excluding carboxylic acids is 4. The van der Waals surface area contributed by atoms with Crippen molar-refractivity contribution in [2.45, 2.75) is 53.4 Å². The number of hydrogen-bond acceptors (Lipinski definition) is 8. The SMILES string of the molecule is CC(=O)OCC1=C(COC(C)=O)CC2=C(C1)CC(COC(C)=O)=C(COC(C)=O)C2. The van der Waals surface area contributed by atoms with E-state index < -0.39 is 0 Å². The number of hydrogen-bond donors (Lipinski definition) is 0. The molecule has 2 aliphatic carbocycles. The van der Waals surface area contributed by atoms with E-state index in [0.717, 1.165) is 33.4 Å². The van der Waals surface area contributed by atoms with Crippen molar-refractivity contribution in [2.24, 2.45) is 0 Å². The molecule has 0 spiro atoms. The largest absolute Gasteiger partial charge is 0.461 e. The highest BCUT2D eigenvalue weighted by Crippen LogP contribution is 2.41. The van der Waals surface area contributed by atoms with Crippen LogP contribution >= 0.6 is 0 Å². The molecule has 2 rings (SSSR count). The Morgan fingerprint density at radius 3 is 0.867 bits per heavy atom. The van der Waals surface area contributed by atoms with E-state index in [0.29, 0.717) is 25.7 Å². The van der Waals surface area contributed by atoms with Crippen molar-refractivity contribution in [1.82, 2.24) is 0 Å². The zero-order valence-corrected chi connectivity index (χ0v) is 17.9. The van der Waals surface area contributed by atoms with Crippen molar-refractivity contribution in [1.29, 1.82) is 0 Å². The van der Waals surface area contributed by atoms with Crippen LogP contribution in [0.1, 0.15) is 53.4 Å². The second kappa shape index (κ2) is 10.8. The van der Waals surface area contributed by atoms with Gasteiger partial charge >= 0.3 is 23.9 Å². The minimum absolute atomic E-state index is 0.145. The Kier molecular flexibility index (Phi) is 8.38. The summed E-state index contributed by atoms with van der Waals surface area (Å²) in [7, 11) is 0. The van der Waals surface area contributed by atoms with Gasteiger partial charge in [-0.15, -0.1) is 0 Å². The van der Waals surface area contributed by atoms with Gasteiger partial charge < -0.3 is 18.9 Å². The van der Waals surface area contributed by atoms with E-state index in [4.69, 9.17) is 18.9 Å². The summed E-state index contributed by atoms with van der Waals surface area (Å²) in [5, 5.41) is 0. The van der Waals surface area contributed by atoms with Gasteiger partial charge in [-0.05, 0) is 48.0 Å². The predicted molar refractivity (Wildman–Crippen MR) is 106 cm³/mol. The summed E-state index contributed by atoms with van der Waals surface area (Å²) in [5.74, 6) is -1.51. The molecule has 0 fully saturated rings. The standard InChI is InChI=1S/C22H28O8/c1-13(23)27-9-19-5-17-7-21(11-29-15(3)25)22(12-30-16(4)26)8-18(17)6-20(19)10-28-14(2)24/h5-12H2,1-4H3. The van der Waals surface area contributed by atoms with Crippen molar-refractivity contribution < 1.29 is 38.1 Å². The van der Waals surface area contributed by atoms with E-state index in [1.54, 1.807) is 0 Å². The van der Waals surface area contributed by atoms with Gasteiger partial charge in [0.1, 0.15) is 26.4 Å². The molecular formula is C22H28O8. The van der Waals surface area contributed by atoms with Gasteiger partial charge in [0.2, 0.25) is 0 Å². The van der Waals surface area contributed by atoms with Gasteiger partial charge in [0.15, 0.2) is 0 Å². The van der Waals surface area contributed by atoms with E-state index in [-0.39, 0.29) is 50.3 Å². The summed E-state index contributed by atoms with van der Waals surface area (Å²) in [5.41, 5.74) is 6.00. The van der Waals surface area contributed by atoms with Crippen LogP contribution in [0.4, 0.5) is 0 Å². The van der Waals surface area contributed by atoms with E-state index in [1.807, 2.05) is 0 Å². The number of carbonyl (C=O) groups is 4. The predicted octanol–water partition coefficient (Wildman–Crippen LogP) is 2.72. The van der Waals surface area contributed by atoms with E-state index in [1.165, 1.54) is 27.7 Å². The molecule has 0 saturated carbocycles. The third-order valence-electron chi connectivity index (χ3n) is 5.01. The van der Waals surface area contributed by atoms with Gasteiger partial charge in [0, 0.05) is 27.7 Å². The molecule has 0 radical (unpaired) electrons. The number of ether oxygens (including phenoxy) is 4. The van der Waals surface area contributed by atoms with E-state index in [2.05, 4.69) is 0 Å². The number of rotatable bonds is 8. The molecule has 0 bridgehead atoms. The smallest absolute Gasteiger partial charge is 0.302 e. The van der Waals surface area contributed by atoms with Crippen LogP contribution in [0.5, 0.6) is 0 Å². The van der Waals surface area contributed by atoms with Gasteiger partial charge in [0.05, 0.1) is 0 Å². The normalized spacial score (nSPS) is 16.1. The molecule has 0 aromatic carbocycles. The number of esters is 4. The molecule has 0 saturated heterocycles. The fraction of sp³-hybridized carbons (Fsp3) is 0.545. The van der Waals surface area contributed by atoms with Crippen molar-refractivity contribution in [3.05, 3.63) is 33.4 Å². The Labute approximate surface area is 175 Å². The van der Waals surface area contributed by atoms with Crippen molar-refractivity contribution in [2.75, 3.05) is 26.4 Å². The first-order chi connectivity index (χ1) is 14.2. The molecule has 30 heavy (non-hydrogen) atoms. The molecule has 0 aromatic heterocycles. The van der Waals surface area contributed by atoms with Crippen LogP contribution in [-0.4, -0.2) is 50.3 Å². The lowest BCUT2D eigenvalue weighted by Gasteiger charge is -2.31. The van der Waals surface area contributed by atoms with Gasteiger partial charge in [-0.1, -0.05) is 11.1 Å². The third-order valence-corrected chi connectivity index (χ3v) is 5.01. The summed E-state index contributed by atoms with van der Waals surface area (Å²) in [6.07, 6.45) is 2.35. The fourth-order valence-corrected chi connectivity index (χ4v) is 3.52. The first-order valence-electron chi connectivity index (χ1n) is 9.78. The molecule has 8 nitrogen and oxygen atoms in total. The molecule has 0 aliphatic heterocycles. The third kappa shape index (κ3) is 7.17. The maximum absolute atomic E-state index is 11.3. The monoisotopic (exact) mass is 420 g/mol. The Morgan fingerprint density at radius 1 is 0.500 bits per heavy atom. The number of allylic oxidation sites excluding steroid dienone is 2. The topological polar surface area (TPSA) is 105 Å². The van der Waals surface area contributed by atoms with Gasteiger partial charge in [0.25, 0.3) is 0 Å². The Bertz CT molecular complexity index is 696. The molecule has 2 aliphatic rings. The fourth-order valence-electron chi connectivity index (χ4n) is 3.52. The van der Waals surface area contributed by atoms with Crippen LogP contribution in [-0.2, 0) is 38.1 Å². The minimum Gasteiger partial charge on any atom is -0.461 e. The lowest BCUT2D eigenvalue weighted by molar-refractivity contribution is -0.141. The van der Waals surface area contributed by atoms with Crippen LogP contribution in [0.25, 0.3) is 0 Å². The van der Waals surface area contributed by atoms with Crippen molar-refractivity contribution in [3.63, 3.8) is 0 Å². The quantitative estimate of drug-likeness (QED) is 0.335. The summed E-state index contributed by atoms with van der Waals surface area (Å²) in [6, 6.07) is 0. The van der Waals surface area contributed by atoms with E-state index in [9.17, 15) is 19.2 Å². The van der Waals surface area contributed by atoms with Crippen molar-refractivity contribution >= 4 is 23.9 Å². The molecule has 0 N–H and O–H groups in total. The Balaban J connectivity index is 2.21. The molecule has 0 aromatic rings. The molecule has 0 amide bonds. The van der Waals surface area contributed by atoms with Gasteiger partial charge in [-0.25, -0.2) is 0 Å². The van der Waals surface area contributed by atoms with Gasteiger partial charge in [-0.2, -0.15) is 0 Å². The maximum Gasteiger partial charge on any atom is 0.302 e. The molecule has 0 atom stereocenters. The van der Waals surface area contributed by atoms with Crippen LogP contribution in [0.2, 0.25) is 0 Å². The Morgan fingerprint density at radius 2 is 0.700 bits per heavy atom. The Hall–Kier alpha value is -2.90. The zero-order chi connectivity index (χ0) is 22.3. The second-order valence-corrected chi connectivity index (χ2v) is 7.45. The second-order valence-electron chi connectivity index (χ2n) is 7.45. The average molecular weight is 420 g/mol. The summed E-state index contributed by atoms with van der Waals surface area (Å²) in [4.78, 5) is 45.1. The first-order valence-corrected chi connectivity index (χ1v) is 9.78. The first kappa shape index (κ1) is 23.4. The molecule has 164 valence electrons. The molecule has 8 heteroatoms. The van der Waals surface area contributed by atoms with Crippen LogP contribution in [0, 0.1) is 0 Å². The van der Waals surface area contributed by atoms with Gasteiger partial charge in [-0.3, -0.25) is 19.2 Å². The minimum atomic E-state index is -0.378.